The van der Waals surface area contributed by atoms with E-state index in [4.69, 9.17) is 4.74 Å². The molecule has 5 heterocycles. The summed E-state index contributed by atoms with van der Waals surface area (Å²) < 4.78 is 49.6. The molecule has 0 spiro atoms. The molecule has 12 nitrogen and oxygen atoms in total. The Morgan fingerprint density at radius 1 is 1.17 bits per heavy atom. The molecule has 14 heteroatoms. The number of aromatic nitrogens is 5. The quantitative estimate of drug-likeness (QED) is 0.329. The Labute approximate surface area is 241 Å². The number of hydrogen-bond acceptors (Lipinski definition) is 10. The van der Waals surface area contributed by atoms with Gasteiger partial charge in [0.1, 0.15) is 11.5 Å². The second-order valence-electron chi connectivity index (χ2n) is 11.1. The van der Waals surface area contributed by atoms with E-state index >= 15 is 4.39 Å². The SMILES string of the molecule is CC1CNCCN1c1ccc(Nc2ncc3cc(-c4nccn4S(=O)(=O)C4CC4)c(=O)n(C4CCOC4)c3n2)cc1F. The summed E-state index contributed by atoms with van der Waals surface area (Å²) in [6, 6.07) is 6.39. The molecule has 0 radical (unpaired) electrons. The molecule has 2 N–H and O–H groups in total. The van der Waals surface area contributed by atoms with Crippen molar-refractivity contribution in [3.63, 3.8) is 0 Å². The summed E-state index contributed by atoms with van der Waals surface area (Å²) in [7, 11) is -3.66. The summed E-state index contributed by atoms with van der Waals surface area (Å²) in [6.07, 6.45) is 6.11. The fourth-order valence-electron chi connectivity index (χ4n) is 5.76. The van der Waals surface area contributed by atoms with Gasteiger partial charge in [-0.15, -0.1) is 0 Å². The summed E-state index contributed by atoms with van der Waals surface area (Å²) in [5, 5.41) is 6.45. The predicted molar refractivity (Wildman–Crippen MR) is 156 cm³/mol. The van der Waals surface area contributed by atoms with Gasteiger partial charge in [0, 0.05) is 61.9 Å². The number of anilines is 3. The first-order chi connectivity index (χ1) is 20.3. The molecule has 0 bridgehead atoms. The van der Waals surface area contributed by atoms with Crippen molar-refractivity contribution in [3.8, 4) is 11.4 Å². The second kappa shape index (κ2) is 10.4. The number of piperazine rings is 1. The van der Waals surface area contributed by atoms with E-state index in [-0.39, 0.29) is 35.2 Å². The molecule has 3 fully saturated rings. The van der Waals surface area contributed by atoms with Crippen molar-refractivity contribution in [1.82, 2.24) is 28.8 Å². The lowest BCUT2D eigenvalue weighted by atomic mass is 10.1. The highest BCUT2D eigenvalue weighted by molar-refractivity contribution is 7.90. The van der Waals surface area contributed by atoms with E-state index in [9.17, 15) is 13.2 Å². The van der Waals surface area contributed by atoms with E-state index in [1.807, 2.05) is 4.90 Å². The largest absolute Gasteiger partial charge is 0.379 e. The molecule has 42 heavy (non-hydrogen) atoms. The molecule has 220 valence electrons. The maximum atomic E-state index is 15.2. The Morgan fingerprint density at radius 3 is 2.76 bits per heavy atom. The Balaban J connectivity index is 1.27. The van der Waals surface area contributed by atoms with Crippen LogP contribution in [0.3, 0.4) is 0 Å². The van der Waals surface area contributed by atoms with Crippen molar-refractivity contribution >= 4 is 38.4 Å². The Bertz CT molecular complexity index is 1830. The van der Waals surface area contributed by atoms with Gasteiger partial charge in [-0.05, 0) is 50.5 Å². The lowest BCUT2D eigenvalue weighted by Gasteiger charge is -2.36. The van der Waals surface area contributed by atoms with Crippen LogP contribution in [0.25, 0.3) is 22.4 Å². The van der Waals surface area contributed by atoms with E-state index in [1.165, 1.54) is 18.5 Å². The zero-order valence-corrected chi connectivity index (χ0v) is 23.8. The number of imidazole rings is 1. The molecule has 2 atom stereocenters. The number of halogens is 1. The van der Waals surface area contributed by atoms with Crippen LogP contribution in [0.5, 0.6) is 0 Å². The normalized spacial score (nSPS) is 21.2. The van der Waals surface area contributed by atoms with E-state index in [1.54, 1.807) is 29.0 Å². The van der Waals surface area contributed by atoms with Crippen LogP contribution in [-0.4, -0.2) is 76.0 Å². The molecular weight excluding hydrogens is 563 g/mol. The molecule has 2 aliphatic heterocycles. The Kier molecular flexibility index (Phi) is 6.71. The number of benzene rings is 1. The Morgan fingerprint density at radius 2 is 2.02 bits per heavy atom. The first kappa shape index (κ1) is 27.0. The summed E-state index contributed by atoms with van der Waals surface area (Å²) in [4.78, 5) is 29.4. The molecule has 4 aromatic rings. The number of nitrogens with zero attached hydrogens (tertiary/aromatic N) is 6. The molecule has 3 aromatic heterocycles. The number of ether oxygens (including phenoxy) is 1. The molecule has 0 amide bonds. The average Bonchev–Trinajstić information content (AvgIpc) is 3.49. The molecule has 1 aliphatic carbocycles. The number of hydrogen-bond donors (Lipinski definition) is 2. The van der Waals surface area contributed by atoms with E-state index < -0.39 is 20.8 Å². The van der Waals surface area contributed by atoms with Gasteiger partial charge in [-0.25, -0.2) is 26.7 Å². The number of pyridine rings is 1. The molecule has 1 aromatic carbocycles. The predicted octanol–water partition coefficient (Wildman–Crippen LogP) is 2.64. The molecule has 7 rings (SSSR count). The lowest BCUT2D eigenvalue weighted by Crippen LogP contribution is -2.50. The number of fused-ring (bicyclic) bond motifs is 1. The van der Waals surface area contributed by atoms with Gasteiger partial charge in [-0.3, -0.25) is 9.36 Å². The minimum atomic E-state index is -3.66. The molecule has 2 unspecified atom stereocenters. The van der Waals surface area contributed by atoms with Crippen molar-refractivity contribution in [2.24, 2.45) is 0 Å². The summed E-state index contributed by atoms with van der Waals surface area (Å²) in [5.74, 6) is -0.0864. The van der Waals surface area contributed by atoms with Crippen molar-refractivity contribution in [2.45, 2.75) is 43.5 Å². The highest BCUT2D eigenvalue weighted by Crippen LogP contribution is 2.33. The second-order valence-corrected chi connectivity index (χ2v) is 13.1. The van der Waals surface area contributed by atoms with E-state index in [2.05, 4.69) is 32.5 Å². The third kappa shape index (κ3) is 4.72. The van der Waals surface area contributed by atoms with Crippen molar-refractivity contribution in [1.29, 1.82) is 0 Å². The van der Waals surface area contributed by atoms with E-state index in [0.29, 0.717) is 54.9 Å². The van der Waals surface area contributed by atoms with Crippen LogP contribution in [0.1, 0.15) is 32.2 Å². The topological polar surface area (TPSA) is 136 Å². The van der Waals surface area contributed by atoms with Gasteiger partial charge in [0.15, 0.2) is 5.82 Å². The smallest absolute Gasteiger partial charge is 0.263 e. The van der Waals surface area contributed by atoms with Crippen molar-refractivity contribution < 1.29 is 17.5 Å². The molecule has 3 aliphatic rings. The standard InChI is InChI=1S/C28H31FN8O4S/c1-17-14-30-7-9-35(17)24-5-2-19(13-23(24)29)33-28-32-15-18-12-22(26-31-8-10-36(26)42(39,40)21-3-4-21)27(38)37(25(18)34-28)20-6-11-41-16-20/h2,5,8,10,12-13,15,17,20-21,30H,3-4,6-7,9,11,14,16H2,1H3,(H,32,33,34). The van der Waals surface area contributed by atoms with Gasteiger partial charge < -0.3 is 20.3 Å². The lowest BCUT2D eigenvalue weighted by molar-refractivity contribution is 0.186. The highest BCUT2D eigenvalue weighted by Gasteiger charge is 2.38. The van der Waals surface area contributed by atoms with Gasteiger partial charge in [-0.2, -0.15) is 4.98 Å². The Hall–Kier alpha value is -3.88. The minimum absolute atomic E-state index is 0.0676. The van der Waals surface area contributed by atoms with Crippen LogP contribution in [0.2, 0.25) is 0 Å². The first-order valence-corrected chi connectivity index (χ1v) is 15.6. The minimum Gasteiger partial charge on any atom is -0.379 e. The van der Waals surface area contributed by atoms with Crippen LogP contribution < -0.4 is 21.1 Å². The summed E-state index contributed by atoms with van der Waals surface area (Å²) in [6.45, 7) is 5.16. The molecule has 1 saturated carbocycles. The van der Waals surface area contributed by atoms with E-state index in [0.717, 1.165) is 23.6 Å². The fourth-order valence-corrected chi connectivity index (χ4v) is 7.43. The van der Waals surface area contributed by atoms with Crippen LogP contribution in [0.4, 0.5) is 21.7 Å². The fraction of sp³-hybridized carbons (Fsp3) is 0.429. The number of rotatable bonds is 7. The zero-order chi connectivity index (χ0) is 29.0. The summed E-state index contributed by atoms with van der Waals surface area (Å²) in [5.41, 5.74) is 1.11. The maximum absolute atomic E-state index is 15.2. The van der Waals surface area contributed by atoms with Crippen LogP contribution in [0, 0.1) is 5.82 Å². The van der Waals surface area contributed by atoms with Crippen LogP contribution >= 0.6 is 0 Å². The van der Waals surface area contributed by atoms with Gasteiger partial charge in [-0.1, -0.05) is 0 Å². The van der Waals surface area contributed by atoms with Crippen molar-refractivity contribution in [2.75, 3.05) is 43.1 Å². The highest BCUT2D eigenvalue weighted by atomic mass is 32.2. The van der Waals surface area contributed by atoms with Gasteiger partial charge in [0.05, 0.1) is 29.1 Å². The van der Waals surface area contributed by atoms with Crippen LogP contribution in [-0.2, 0) is 14.8 Å². The zero-order valence-electron chi connectivity index (χ0n) is 23.0. The number of nitrogens with one attached hydrogen (secondary N) is 2. The first-order valence-electron chi connectivity index (χ1n) is 14.1. The summed E-state index contributed by atoms with van der Waals surface area (Å²) >= 11 is 0. The molecular formula is C28H31FN8O4S. The van der Waals surface area contributed by atoms with Crippen LogP contribution in [0.15, 0.2) is 47.7 Å². The monoisotopic (exact) mass is 594 g/mol. The van der Waals surface area contributed by atoms with Gasteiger partial charge >= 0.3 is 0 Å². The third-order valence-electron chi connectivity index (χ3n) is 8.13. The van der Waals surface area contributed by atoms with Crippen molar-refractivity contribution in [3.05, 3.63) is 59.0 Å². The van der Waals surface area contributed by atoms with Gasteiger partial charge in [0.2, 0.25) is 16.0 Å². The average molecular weight is 595 g/mol. The van der Waals surface area contributed by atoms with Gasteiger partial charge in [0.25, 0.3) is 5.56 Å². The molecule has 2 saturated heterocycles. The third-order valence-corrected chi connectivity index (χ3v) is 10.3. The maximum Gasteiger partial charge on any atom is 0.263 e.